The number of piperidine rings is 1. The van der Waals surface area contributed by atoms with E-state index in [9.17, 15) is 57.4 Å². The van der Waals surface area contributed by atoms with Gasteiger partial charge in [-0.15, -0.1) is 0 Å². The minimum atomic E-state index is -2.83. The van der Waals surface area contributed by atoms with Crippen LogP contribution >= 0.6 is 0 Å². The van der Waals surface area contributed by atoms with E-state index in [1.54, 1.807) is 39.5 Å². The number of aliphatic hydroxyl groups is 2. The fourth-order valence-electron chi connectivity index (χ4n) is 12.0. The summed E-state index contributed by atoms with van der Waals surface area (Å²) in [4.78, 5) is 170. The Morgan fingerprint density at radius 2 is 0.894 bits per heavy atom. The van der Waals surface area contributed by atoms with Crippen molar-refractivity contribution in [1.82, 2.24) is 55.6 Å². The fraction of sp³-hybridized carbons (Fsp3) is 0.836. The number of hydrogen-bond donors (Lipinski definition) is 6. The van der Waals surface area contributed by atoms with Crippen LogP contribution in [-0.2, 0) is 57.5 Å². The summed E-state index contributed by atoms with van der Waals surface area (Å²) in [6.45, 7) is 28.7. The van der Waals surface area contributed by atoms with Crippen LogP contribution in [0, 0.1) is 47.3 Å². The van der Waals surface area contributed by atoms with E-state index >= 15 is 14.4 Å². The van der Waals surface area contributed by atoms with E-state index in [1.165, 1.54) is 61.0 Å². The Hall–Kier alpha value is -6.09. The molecule has 0 saturated carbocycles. The van der Waals surface area contributed by atoms with Gasteiger partial charge in [0.25, 0.3) is 11.8 Å². The molecule has 2 aliphatic heterocycles. The van der Waals surface area contributed by atoms with Crippen LogP contribution in [0.3, 0.4) is 0 Å². The van der Waals surface area contributed by atoms with Gasteiger partial charge in [-0.2, -0.15) is 0 Å². The molecule has 0 spiro atoms. The Morgan fingerprint density at radius 1 is 0.489 bits per heavy atom. The maximum atomic E-state index is 15.3. The first-order valence-electron chi connectivity index (χ1n) is 33.7. The predicted octanol–water partition coefficient (Wildman–Crippen LogP) is 3.51. The van der Waals surface area contributed by atoms with Crippen molar-refractivity contribution >= 4 is 65.0 Å². The number of ether oxygens (including phenoxy) is 1. The number of alkyl halides is 2. The van der Waals surface area contributed by atoms with Gasteiger partial charge in [0, 0.05) is 68.2 Å². The number of halogens is 2. The van der Waals surface area contributed by atoms with Crippen LogP contribution in [0.4, 0.5) is 8.78 Å². The molecule has 25 nitrogen and oxygen atoms in total. The molecule has 2 saturated heterocycles. The second-order valence-corrected chi connectivity index (χ2v) is 29.5. The lowest BCUT2D eigenvalue weighted by atomic mass is 9.91. The summed E-state index contributed by atoms with van der Waals surface area (Å²) >= 11 is 0. The molecule has 10 amide bonds. The summed E-state index contributed by atoms with van der Waals surface area (Å²) < 4.78 is 34.3. The first kappa shape index (κ1) is 84.0. The highest BCUT2D eigenvalue weighted by Gasteiger charge is 2.46. The van der Waals surface area contributed by atoms with Crippen molar-refractivity contribution in [2.24, 2.45) is 47.3 Å². The van der Waals surface area contributed by atoms with Crippen LogP contribution in [-0.4, -0.2) is 257 Å². The third-order valence-electron chi connectivity index (χ3n) is 17.8. The molecule has 0 aliphatic carbocycles. The van der Waals surface area contributed by atoms with Gasteiger partial charge >= 0.3 is 5.97 Å². The third kappa shape index (κ3) is 24.5. The molecular weight excluding hydrogens is 1220 g/mol. The number of aliphatic hydroxyl groups excluding tert-OH is 2. The van der Waals surface area contributed by atoms with Crippen LogP contribution in [0.1, 0.15) is 169 Å². The molecule has 0 bridgehead atoms. The van der Waals surface area contributed by atoms with Crippen molar-refractivity contribution in [3.05, 3.63) is 0 Å². The van der Waals surface area contributed by atoms with Gasteiger partial charge in [-0.3, -0.25) is 47.9 Å². The summed E-state index contributed by atoms with van der Waals surface area (Å²) in [5.74, 6) is -15.1. The molecule has 0 radical (unpaired) electrons. The largest absolute Gasteiger partial charge is 0.450 e. The molecule has 6 N–H and O–H groups in total. The monoisotopic (exact) mass is 1340 g/mol. The van der Waals surface area contributed by atoms with E-state index in [-0.39, 0.29) is 101 Å². The lowest BCUT2D eigenvalue weighted by Crippen LogP contribution is -2.64. The number of rotatable bonds is 18. The summed E-state index contributed by atoms with van der Waals surface area (Å²) in [6.07, 6.45) is -5.08. The minimum absolute atomic E-state index is 0.0424. The molecule has 2 rings (SSSR count). The minimum Gasteiger partial charge on any atom is -0.450 e. The fourth-order valence-corrected chi connectivity index (χ4v) is 12.0. The Bertz CT molecular complexity index is 2560. The summed E-state index contributed by atoms with van der Waals surface area (Å²) in [7, 11) is 7.96. The molecule has 27 heteroatoms. The Morgan fingerprint density at radius 3 is 1.31 bits per heavy atom. The zero-order chi connectivity index (χ0) is 72.5. The van der Waals surface area contributed by atoms with E-state index in [4.69, 9.17) is 4.74 Å². The molecule has 2 aliphatic rings. The van der Waals surface area contributed by atoms with Crippen molar-refractivity contribution in [3.63, 3.8) is 0 Å². The quantitative estimate of drug-likeness (QED) is 0.107. The van der Waals surface area contributed by atoms with Gasteiger partial charge in [-0.25, -0.2) is 13.6 Å². The second kappa shape index (κ2) is 37.4. The number of esters is 1. The Balaban J connectivity index is 3.03. The molecule has 2 unspecified atom stereocenters. The number of likely N-dealkylation sites (N-methyl/N-ethyl adjacent to an activating group) is 6. The molecule has 0 aromatic rings. The Kier molecular flexibility index (Phi) is 33.4. The van der Waals surface area contributed by atoms with Gasteiger partial charge in [-0.1, -0.05) is 104 Å². The molecule has 2 heterocycles. The number of nitrogens with one attached hydrogen (secondary N) is 4. The van der Waals surface area contributed by atoms with Crippen molar-refractivity contribution in [2.75, 3.05) is 68.5 Å². The first-order valence-corrected chi connectivity index (χ1v) is 33.7. The van der Waals surface area contributed by atoms with Gasteiger partial charge in [0.2, 0.25) is 53.2 Å². The van der Waals surface area contributed by atoms with Gasteiger partial charge in [-0.05, 0) is 106 Å². The highest BCUT2D eigenvalue weighted by Crippen LogP contribution is 2.30. The van der Waals surface area contributed by atoms with Crippen molar-refractivity contribution in [1.29, 1.82) is 0 Å². The smallest absolute Gasteiger partial charge is 0.329 e. The lowest BCUT2D eigenvalue weighted by molar-refractivity contribution is -0.166. The molecule has 2 fully saturated rings. The maximum absolute atomic E-state index is 15.3. The number of carbonyl (C=O) groups excluding carboxylic acids is 11. The number of amides is 10. The van der Waals surface area contributed by atoms with E-state index in [2.05, 4.69) is 21.3 Å². The molecular formula is C67H119F2N11O14. The number of likely N-dealkylation sites (tertiary alicyclic amines) is 1. The van der Waals surface area contributed by atoms with Crippen molar-refractivity contribution < 1.29 is 76.5 Å². The average molecular weight is 1340 g/mol. The van der Waals surface area contributed by atoms with Crippen LogP contribution in [0.25, 0.3) is 0 Å². The number of carbonyl (C=O) groups is 11. The number of hydrogen-bond acceptors (Lipinski definition) is 15. The third-order valence-corrected chi connectivity index (χ3v) is 17.8. The SMILES string of the molecule is CC(C)C[C@@H]1NC(=O)[C@H](CC(C)C)N(C)C(=O)[C@H](C(C)C)OC(=O)[C@H](C)NC(=O)[C@H](CC(C)C)N(C)C(=O)[C@H](CC(C)C)NC(=O)[C@H](CC(C)C)N(C)C(=O)CN(C)C(=O)[C@H](C(C)O)NC(=O)[C@@H](C(O)[C@H](C)CCN2CCC(F)(F)CC2)N(C)C(=O)[C@H](C(C)C)N(C)C1=O. The molecule has 13 atom stereocenters. The molecule has 94 heavy (non-hydrogen) atoms. The molecule has 540 valence electrons. The second-order valence-electron chi connectivity index (χ2n) is 29.5. The standard InChI is InChI=1S/C67H119F2N11O14/c1-36(2)30-46-61(88)76(20)49(33-39(7)8)57(84)70-44(16)66(93)94-56(42(13)14)65(92)77(21)50(34-40(9)10)59(86)72-47(31-37(3)4)62(89)78(22)53(41(11)12)64(91)79(23)54(55(83)43(15)24-27-80-28-25-67(68,69)26-29-80)60(87)73-52(45(17)81)63(90)74(18)35-51(82)75(19)48(32-38(5)6)58(85)71-46/h36-50,52-56,81,83H,24-35H2,1-23H3,(H,70,84)(H,71,85)(H,72,86)(H,73,87)/t43-,44+,45?,46+,47+,48+,49+,50+,52+,53+,54-,55?,56+/m1/s1. The normalized spacial score (nSPS) is 27.4. The predicted molar refractivity (Wildman–Crippen MR) is 353 cm³/mol. The average Bonchev–Trinajstić information content (AvgIpc) is 0.809. The zero-order valence-electron chi connectivity index (χ0n) is 60.7. The lowest BCUT2D eigenvalue weighted by Gasteiger charge is -2.40. The van der Waals surface area contributed by atoms with E-state index in [1.807, 2.05) is 69.2 Å². The van der Waals surface area contributed by atoms with Gasteiger partial charge in [0.15, 0.2) is 6.10 Å². The maximum Gasteiger partial charge on any atom is 0.329 e. The molecule has 0 aromatic heterocycles. The van der Waals surface area contributed by atoms with E-state index in [0.29, 0.717) is 0 Å². The van der Waals surface area contributed by atoms with Gasteiger partial charge in [0.1, 0.15) is 54.4 Å². The summed E-state index contributed by atoms with van der Waals surface area (Å²) in [5, 5.41) is 34.6. The summed E-state index contributed by atoms with van der Waals surface area (Å²) in [5.41, 5.74) is 0. The Labute approximate surface area is 558 Å². The summed E-state index contributed by atoms with van der Waals surface area (Å²) in [6, 6.07) is -12.7. The highest BCUT2D eigenvalue weighted by atomic mass is 19.3. The zero-order valence-corrected chi connectivity index (χ0v) is 60.7. The van der Waals surface area contributed by atoms with Gasteiger partial charge < -0.3 is 70.5 Å². The van der Waals surface area contributed by atoms with E-state index in [0.717, 1.165) is 24.5 Å². The van der Waals surface area contributed by atoms with E-state index < -0.39 is 168 Å². The van der Waals surface area contributed by atoms with Gasteiger partial charge in [0.05, 0.1) is 18.8 Å². The van der Waals surface area contributed by atoms with Crippen LogP contribution in [0.5, 0.6) is 0 Å². The number of cyclic esters (lactones) is 1. The highest BCUT2D eigenvalue weighted by molar-refractivity contribution is 5.99. The van der Waals surface area contributed by atoms with Crippen molar-refractivity contribution in [3.8, 4) is 0 Å². The van der Waals surface area contributed by atoms with Crippen LogP contribution in [0.2, 0.25) is 0 Å². The van der Waals surface area contributed by atoms with Crippen LogP contribution in [0.15, 0.2) is 0 Å². The van der Waals surface area contributed by atoms with Crippen molar-refractivity contribution in [2.45, 2.75) is 248 Å². The topological polar surface area (TPSA) is 308 Å². The first-order chi connectivity index (χ1) is 43.3. The van der Waals surface area contributed by atoms with Crippen LogP contribution < -0.4 is 21.3 Å². The molecule has 0 aromatic carbocycles. The number of nitrogens with zero attached hydrogens (tertiary/aromatic N) is 7.